The number of amides is 1. The van der Waals surface area contributed by atoms with E-state index in [1.807, 2.05) is 5.92 Å². The Hall–Kier alpha value is -4.91. The molecule has 0 fully saturated rings. The van der Waals surface area contributed by atoms with E-state index in [1.165, 1.54) is 31.2 Å². The Kier molecular flexibility index (Phi) is 9.95. The SMILES string of the molecule is CCOC(=O)CN(CC#CC(=O)O)C(=O)C(C)=Cc1ccc(C(=O)Oc2ccc(C(=N)N)cc2)cc1. The highest BCUT2D eigenvalue weighted by molar-refractivity contribution is 5.99. The first-order chi connectivity index (χ1) is 17.1. The van der Waals surface area contributed by atoms with Gasteiger partial charge in [-0.05, 0) is 61.9 Å². The van der Waals surface area contributed by atoms with Crippen molar-refractivity contribution in [1.29, 1.82) is 5.41 Å². The van der Waals surface area contributed by atoms with E-state index in [-0.39, 0.29) is 36.7 Å². The summed E-state index contributed by atoms with van der Waals surface area (Å²) in [5.74, 6) is 1.33. The third kappa shape index (κ3) is 8.46. The smallest absolute Gasteiger partial charge is 0.381 e. The van der Waals surface area contributed by atoms with Gasteiger partial charge in [0.25, 0.3) is 5.91 Å². The van der Waals surface area contributed by atoms with E-state index in [0.717, 1.165) is 4.90 Å². The maximum absolute atomic E-state index is 12.8. The minimum absolute atomic E-state index is 0.0949. The third-order valence-electron chi connectivity index (χ3n) is 4.62. The predicted octanol–water partition coefficient (Wildman–Crippen LogP) is 2.07. The van der Waals surface area contributed by atoms with Crippen LogP contribution in [-0.2, 0) is 19.1 Å². The molecule has 0 unspecified atom stereocenters. The van der Waals surface area contributed by atoms with Crippen molar-refractivity contribution in [3.63, 3.8) is 0 Å². The predicted molar refractivity (Wildman–Crippen MR) is 131 cm³/mol. The molecule has 0 radical (unpaired) electrons. The molecule has 0 bridgehead atoms. The molecule has 10 heteroatoms. The van der Waals surface area contributed by atoms with Gasteiger partial charge in [0.1, 0.15) is 18.1 Å². The number of carboxylic acid groups (broad SMARTS) is 1. The number of ether oxygens (including phenoxy) is 2. The molecule has 4 N–H and O–H groups in total. The number of rotatable bonds is 9. The van der Waals surface area contributed by atoms with Crippen molar-refractivity contribution >= 4 is 35.7 Å². The van der Waals surface area contributed by atoms with Crippen LogP contribution in [0.25, 0.3) is 6.08 Å². The second-order valence-corrected chi connectivity index (χ2v) is 7.35. The molecule has 0 aliphatic carbocycles. The van der Waals surface area contributed by atoms with Crippen LogP contribution in [-0.4, -0.2) is 59.4 Å². The number of carboxylic acids is 1. The Morgan fingerprint density at radius 3 is 2.22 bits per heavy atom. The largest absolute Gasteiger partial charge is 0.472 e. The quantitative estimate of drug-likeness (QED) is 0.120. The van der Waals surface area contributed by atoms with Crippen molar-refractivity contribution < 1.29 is 33.8 Å². The number of amidine groups is 1. The van der Waals surface area contributed by atoms with Gasteiger partial charge in [-0.25, -0.2) is 9.59 Å². The van der Waals surface area contributed by atoms with Crippen LogP contribution < -0.4 is 10.5 Å². The second-order valence-electron chi connectivity index (χ2n) is 7.35. The number of nitrogens with zero attached hydrogens (tertiary/aromatic N) is 1. The van der Waals surface area contributed by atoms with Crippen LogP contribution >= 0.6 is 0 Å². The molecule has 0 aliphatic rings. The number of hydrogen-bond acceptors (Lipinski definition) is 7. The van der Waals surface area contributed by atoms with Gasteiger partial charge in [-0.15, -0.1) is 0 Å². The average molecular weight is 492 g/mol. The number of nitrogens with one attached hydrogen (secondary N) is 1. The molecule has 0 spiro atoms. The van der Waals surface area contributed by atoms with Crippen molar-refractivity contribution in [2.45, 2.75) is 13.8 Å². The first-order valence-electron chi connectivity index (χ1n) is 10.7. The number of nitrogen functional groups attached to an aromatic ring is 1. The highest BCUT2D eigenvalue weighted by atomic mass is 16.5. The Bertz CT molecular complexity index is 1240. The lowest BCUT2D eigenvalue weighted by molar-refractivity contribution is -0.147. The minimum atomic E-state index is -1.35. The van der Waals surface area contributed by atoms with Crippen LogP contribution in [0.3, 0.4) is 0 Å². The summed E-state index contributed by atoms with van der Waals surface area (Å²) in [5.41, 5.74) is 7.06. The Morgan fingerprint density at radius 1 is 1.06 bits per heavy atom. The fourth-order valence-electron chi connectivity index (χ4n) is 2.92. The van der Waals surface area contributed by atoms with Gasteiger partial charge in [0.15, 0.2) is 0 Å². The molecule has 10 nitrogen and oxygen atoms in total. The molecule has 0 saturated carbocycles. The molecule has 0 saturated heterocycles. The van der Waals surface area contributed by atoms with E-state index >= 15 is 0 Å². The zero-order valence-corrected chi connectivity index (χ0v) is 19.7. The van der Waals surface area contributed by atoms with E-state index in [1.54, 1.807) is 37.3 Å². The number of carbonyl (C=O) groups excluding carboxylic acids is 3. The first kappa shape index (κ1) is 27.3. The van der Waals surface area contributed by atoms with Crippen molar-refractivity contribution in [3.8, 4) is 17.6 Å². The fourth-order valence-corrected chi connectivity index (χ4v) is 2.92. The van der Waals surface area contributed by atoms with Gasteiger partial charge in [-0.1, -0.05) is 18.1 Å². The maximum atomic E-state index is 12.8. The fraction of sp³-hybridized carbons (Fsp3) is 0.192. The molecule has 0 aliphatic heterocycles. The Balaban J connectivity index is 2.11. The van der Waals surface area contributed by atoms with Crippen molar-refractivity contribution in [2.24, 2.45) is 5.73 Å². The van der Waals surface area contributed by atoms with E-state index in [0.29, 0.717) is 16.9 Å². The molecule has 2 aromatic rings. The molecule has 2 rings (SSSR count). The van der Waals surface area contributed by atoms with Crippen molar-refractivity contribution in [3.05, 3.63) is 70.8 Å². The van der Waals surface area contributed by atoms with Gasteiger partial charge < -0.3 is 25.2 Å². The lowest BCUT2D eigenvalue weighted by atomic mass is 10.1. The zero-order chi connectivity index (χ0) is 26.7. The van der Waals surface area contributed by atoms with Gasteiger partial charge in [0.2, 0.25) is 0 Å². The number of hydrogen-bond donors (Lipinski definition) is 3. The highest BCUT2D eigenvalue weighted by Gasteiger charge is 2.19. The van der Waals surface area contributed by atoms with Crippen LogP contribution in [0, 0.1) is 17.3 Å². The molecule has 36 heavy (non-hydrogen) atoms. The normalized spacial score (nSPS) is 10.4. The molecule has 1 amide bonds. The summed E-state index contributed by atoms with van der Waals surface area (Å²) < 4.78 is 10.2. The number of carbonyl (C=O) groups is 4. The topological polar surface area (TPSA) is 160 Å². The van der Waals surface area contributed by atoms with Crippen LogP contribution in [0.1, 0.15) is 35.3 Å². The summed E-state index contributed by atoms with van der Waals surface area (Å²) in [5, 5.41) is 16.1. The molecule has 0 aromatic heterocycles. The molecule has 2 aromatic carbocycles. The molecule has 0 heterocycles. The first-order valence-corrected chi connectivity index (χ1v) is 10.7. The molecule has 186 valence electrons. The standard InChI is InChI=1S/C26H25N3O7/c1-3-35-23(32)16-29(14-4-5-22(30)31)25(33)17(2)15-18-6-8-20(9-7-18)26(34)36-21-12-10-19(11-13-21)24(27)28/h6-13,15H,3,14,16H2,1-2H3,(H3,27,28)(H,30,31). The highest BCUT2D eigenvalue weighted by Crippen LogP contribution is 2.16. The number of nitrogens with two attached hydrogens (primary N) is 1. The van der Waals surface area contributed by atoms with E-state index in [2.05, 4.69) is 5.92 Å². The Labute approximate surface area is 207 Å². The Morgan fingerprint density at radius 2 is 1.67 bits per heavy atom. The number of benzene rings is 2. The number of aliphatic carboxylic acids is 1. The van der Waals surface area contributed by atoms with Crippen LogP contribution in [0.4, 0.5) is 0 Å². The maximum Gasteiger partial charge on any atom is 0.381 e. The summed E-state index contributed by atoms with van der Waals surface area (Å²) in [4.78, 5) is 48.8. The van der Waals surface area contributed by atoms with Crippen LogP contribution in [0.2, 0.25) is 0 Å². The van der Waals surface area contributed by atoms with Crippen molar-refractivity contribution in [1.82, 2.24) is 4.90 Å². The summed E-state index contributed by atoms with van der Waals surface area (Å²) in [6.45, 7) is 2.65. The summed E-state index contributed by atoms with van der Waals surface area (Å²) in [7, 11) is 0. The van der Waals surface area contributed by atoms with Gasteiger partial charge in [-0.3, -0.25) is 15.0 Å². The average Bonchev–Trinajstić information content (AvgIpc) is 2.83. The van der Waals surface area contributed by atoms with E-state index in [9.17, 15) is 19.2 Å². The summed E-state index contributed by atoms with van der Waals surface area (Å²) >= 11 is 0. The lowest BCUT2D eigenvalue weighted by Crippen LogP contribution is -2.37. The van der Waals surface area contributed by atoms with E-state index < -0.39 is 23.8 Å². The molecular weight excluding hydrogens is 466 g/mol. The third-order valence-corrected chi connectivity index (χ3v) is 4.62. The van der Waals surface area contributed by atoms with Gasteiger partial charge in [-0.2, -0.15) is 0 Å². The van der Waals surface area contributed by atoms with Crippen LogP contribution in [0.15, 0.2) is 54.1 Å². The number of esters is 2. The van der Waals surface area contributed by atoms with E-state index in [4.69, 9.17) is 25.7 Å². The van der Waals surface area contributed by atoms with Gasteiger partial charge in [0, 0.05) is 17.1 Å². The lowest BCUT2D eigenvalue weighted by Gasteiger charge is -2.19. The van der Waals surface area contributed by atoms with Gasteiger partial charge in [0.05, 0.1) is 18.7 Å². The van der Waals surface area contributed by atoms with Crippen molar-refractivity contribution in [2.75, 3.05) is 19.7 Å². The minimum Gasteiger partial charge on any atom is -0.472 e. The molecule has 0 atom stereocenters. The van der Waals surface area contributed by atoms with Crippen LogP contribution in [0.5, 0.6) is 5.75 Å². The van der Waals surface area contributed by atoms with Gasteiger partial charge >= 0.3 is 17.9 Å². The summed E-state index contributed by atoms with van der Waals surface area (Å²) in [6, 6.07) is 12.5. The molecular formula is C26H25N3O7. The zero-order valence-electron chi connectivity index (χ0n) is 19.7. The second kappa shape index (κ2) is 13.1. The monoisotopic (exact) mass is 491 g/mol. The summed E-state index contributed by atoms with van der Waals surface area (Å²) in [6.07, 6.45) is 1.56.